The first-order chi connectivity index (χ1) is 6.41. The molecule has 0 aliphatic rings. The predicted molar refractivity (Wildman–Crippen MR) is 65.1 cm³/mol. The van der Waals surface area contributed by atoms with Crippen molar-refractivity contribution in [3.05, 3.63) is 12.7 Å². The van der Waals surface area contributed by atoms with Crippen LogP contribution in [0, 0.1) is 0 Å². The van der Waals surface area contributed by atoms with Gasteiger partial charge in [0.25, 0.3) is 0 Å². The highest BCUT2D eigenvalue weighted by Gasteiger charge is 2.26. The number of hydrogen-bond acceptors (Lipinski definition) is 2. The molecule has 0 aromatic carbocycles. The summed E-state index contributed by atoms with van der Waals surface area (Å²) in [6.45, 7) is 11.5. The molecule has 82 valence electrons. The van der Waals surface area contributed by atoms with Gasteiger partial charge in [-0.3, -0.25) is 0 Å². The van der Waals surface area contributed by atoms with Gasteiger partial charge in [-0.25, -0.2) is 0 Å². The van der Waals surface area contributed by atoms with E-state index in [9.17, 15) is 4.55 Å². The van der Waals surface area contributed by atoms with Crippen molar-refractivity contribution in [3.8, 4) is 0 Å². The van der Waals surface area contributed by atoms with E-state index in [1.807, 2.05) is 33.8 Å². The van der Waals surface area contributed by atoms with Gasteiger partial charge in [0.05, 0.1) is 5.71 Å². The van der Waals surface area contributed by atoms with Gasteiger partial charge in [-0.05, 0) is 40.0 Å². The first-order valence-electron chi connectivity index (χ1n) is 5.01. The molecule has 0 aromatic rings. The molecule has 0 aliphatic carbocycles. The molecule has 0 N–H and O–H groups in total. The molecule has 0 radical (unpaired) electrons. The van der Waals surface area contributed by atoms with Crippen LogP contribution in [-0.2, 0) is 11.4 Å². The summed E-state index contributed by atoms with van der Waals surface area (Å²) in [6.07, 6.45) is 4.52. The van der Waals surface area contributed by atoms with Gasteiger partial charge < -0.3 is 4.55 Å². The Hall–Kier alpha value is -0.280. The van der Waals surface area contributed by atoms with E-state index in [2.05, 4.69) is 11.0 Å². The van der Waals surface area contributed by atoms with Crippen molar-refractivity contribution in [2.75, 3.05) is 0 Å². The molecule has 0 rings (SSSR count). The summed E-state index contributed by atoms with van der Waals surface area (Å²) < 4.78 is 15.7. The number of allylic oxidation sites excluding steroid dienone is 1. The molecule has 0 amide bonds. The average molecular weight is 215 g/mol. The SMILES string of the molecule is C=CCCC(CC)=N[S@+]([O-])C(C)(C)C. The molecule has 0 saturated heterocycles. The van der Waals surface area contributed by atoms with Crippen LogP contribution < -0.4 is 0 Å². The van der Waals surface area contributed by atoms with Gasteiger partial charge in [0.15, 0.2) is 0 Å². The van der Waals surface area contributed by atoms with E-state index in [0.29, 0.717) is 0 Å². The second-order valence-corrected chi connectivity index (χ2v) is 6.11. The Morgan fingerprint density at radius 3 is 2.43 bits per heavy atom. The Morgan fingerprint density at radius 2 is 2.07 bits per heavy atom. The van der Waals surface area contributed by atoms with E-state index < -0.39 is 11.4 Å². The maximum absolute atomic E-state index is 11.7. The van der Waals surface area contributed by atoms with Crippen molar-refractivity contribution >= 4 is 17.1 Å². The standard InChI is InChI=1S/C11H21NOS/c1-6-8-9-10(7-2)12-14(13)11(3,4)5/h6H,1,7-9H2,2-5H3/t14-/m1/s1. The fourth-order valence-corrected chi connectivity index (χ4v) is 1.54. The maximum atomic E-state index is 11.7. The van der Waals surface area contributed by atoms with Gasteiger partial charge >= 0.3 is 0 Å². The smallest absolute Gasteiger partial charge is 0.144 e. The minimum atomic E-state index is -1.12. The zero-order valence-electron chi connectivity index (χ0n) is 9.67. The topological polar surface area (TPSA) is 35.4 Å². The molecule has 0 heterocycles. The lowest BCUT2D eigenvalue weighted by atomic mass is 10.2. The van der Waals surface area contributed by atoms with Gasteiger partial charge in [-0.15, -0.1) is 6.58 Å². The highest BCUT2D eigenvalue weighted by Crippen LogP contribution is 2.18. The summed E-state index contributed by atoms with van der Waals surface area (Å²) in [5.74, 6) is 0. The second kappa shape index (κ2) is 6.25. The Morgan fingerprint density at radius 1 is 1.50 bits per heavy atom. The van der Waals surface area contributed by atoms with Crippen LogP contribution in [0.5, 0.6) is 0 Å². The monoisotopic (exact) mass is 215 g/mol. The van der Waals surface area contributed by atoms with Crippen molar-refractivity contribution in [2.45, 2.75) is 51.7 Å². The minimum Gasteiger partial charge on any atom is -0.591 e. The molecule has 3 heteroatoms. The largest absolute Gasteiger partial charge is 0.591 e. The fraction of sp³-hybridized carbons (Fsp3) is 0.727. The molecule has 0 spiro atoms. The summed E-state index contributed by atoms with van der Waals surface area (Å²) in [7, 11) is 0. The summed E-state index contributed by atoms with van der Waals surface area (Å²) >= 11 is -1.12. The summed E-state index contributed by atoms with van der Waals surface area (Å²) in [5.41, 5.74) is 1.03. The van der Waals surface area contributed by atoms with E-state index in [0.717, 1.165) is 25.0 Å². The summed E-state index contributed by atoms with van der Waals surface area (Å²) in [5, 5.41) is 0. The van der Waals surface area contributed by atoms with E-state index in [4.69, 9.17) is 0 Å². The third-order valence-electron chi connectivity index (χ3n) is 1.78. The molecular formula is C11H21NOS. The minimum absolute atomic E-state index is 0.255. The molecule has 0 unspecified atom stereocenters. The molecule has 2 nitrogen and oxygen atoms in total. The number of rotatable bonds is 5. The molecule has 1 atom stereocenters. The van der Waals surface area contributed by atoms with Crippen molar-refractivity contribution in [1.82, 2.24) is 0 Å². The van der Waals surface area contributed by atoms with Crippen LogP contribution in [0.3, 0.4) is 0 Å². The summed E-state index contributed by atoms with van der Waals surface area (Å²) in [4.78, 5) is 0. The molecule has 0 fully saturated rings. The lowest BCUT2D eigenvalue weighted by Crippen LogP contribution is -2.26. The first-order valence-corrected chi connectivity index (χ1v) is 6.11. The lowest BCUT2D eigenvalue weighted by molar-refractivity contribution is 0.561. The van der Waals surface area contributed by atoms with Crippen LogP contribution in [0.15, 0.2) is 17.1 Å². The second-order valence-electron chi connectivity index (χ2n) is 4.20. The van der Waals surface area contributed by atoms with Crippen molar-refractivity contribution in [2.24, 2.45) is 4.40 Å². The third-order valence-corrected chi connectivity index (χ3v) is 3.25. The van der Waals surface area contributed by atoms with Gasteiger partial charge in [-0.1, -0.05) is 17.4 Å². The highest BCUT2D eigenvalue weighted by atomic mass is 32.2. The molecule has 14 heavy (non-hydrogen) atoms. The normalized spacial score (nSPS) is 15.4. The van der Waals surface area contributed by atoms with Crippen LogP contribution in [0.25, 0.3) is 0 Å². The first kappa shape index (κ1) is 13.7. The highest BCUT2D eigenvalue weighted by molar-refractivity contribution is 7.91. The van der Waals surface area contributed by atoms with Gasteiger partial charge in [0.2, 0.25) is 0 Å². The molecule has 0 bridgehead atoms. The van der Waals surface area contributed by atoms with Crippen molar-refractivity contribution < 1.29 is 4.55 Å². The van der Waals surface area contributed by atoms with Gasteiger partial charge in [0.1, 0.15) is 16.1 Å². The number of nitrogens with zero attached hydrogens (tertiary/aromatic N) is 1. The van der Waals surface area contributed by atoms with Crippen LogP contribution in [0.4, 0.5) is 0 Å². The van der Waals surface area contributed by atoms with E-state index in [1.165, 1.54) is 0 Å². The lowest BCUT2D eigenvalue weighted by Gasteiger charge is -2.19. The average Bonchev–Trinajstić information content (AvgIpc) is 2.10. The fourth-order valence-electron chi connectivity index (χ4n) is 0.810. The molecular weight excluding hydrogens is 194 g/mol. The zero-order valence-corrected chi connectivity index (χ0v) is 10.5. The van der Waals surface area contributed by atoms with E-state index in [-0.39, 0.29) is 4.75 Å². The Bertz CT molecular complexity index is 206. The van der Waals surface area contributed by atoms with Crippen LogP contribution in [0.1, 0.15) is 47.0 Å². The third kappa shape index (κ3) is 5.45. The maximum Gasteiger partial charge on any atom is 0.144 e. The molecule has 0 aliphatic heterocycles. The van der Waals surface area contributed by atoms with E-state index in [1.54, 1.807) is 0 Å². The quantitative estimate of drug-likeness (QED) is 0.394. The Kier molecular flexibility index (Phi) is 6.12. The zero-order chi connectivity index (χ0) is 11.2. The van der Waals surface area contributed by atoms with Crippen LogP contribution in [0.2, 0.25) is 0 Å². The van der Waals surface area contributed by atoms with Crippen molar-refractivity contribution in [1.29, 1.82) is 0 Å². The van der Waals surface area contributed by atoms with E-state index >= 15 is 0 Å². The molecule has 0 saturated carbocycles. The van der Waals surface area contributed by atoms with Crippen LogP contribution >= 0.6 is 0 Å². The Balaban J connectivity index is 4.34. The molecule has 0 aromatic heterocycles. The van der Waals surface area contributed by atoms with Crippen LogP contribution in [-0.4, -0.2) is 15.0 Å². The summed E-state index contributed by atoms with van der Waals surface area (Å²) in [6, 6.07) is 0. The van der Waals surface area contributed by atoms with Gasteiger partial charge in [-0.2, -0.15) is 0 Å². The van der Waals surface area contributed by atoms with Gasteiger partial charge in [0, 0.05) is 0 Å². The number of hydrogen-bond donors (Lipinski definition) is 0. The predicted octanol–water partition coefficient (Wildman–Crippen LogP) is 3.27. The Labute approximate surface area is 90.8 Å². The van der Waals surface area contributed by atoms with Crippen molar-refractivity contribution in [3.63, 3.8) is 0 Å².